The Hall–Kier alpha value is -0.180. The molecule has 0 aromatic heterocycles. The molecule has 0 aromatic rings. The van der Waals surface area contributed by atoms with Crippen LogP contribution in [0.3, 0.4) is 0 Å². The summed E-state index contributed by atoms with van der Waals surface area (Å²) in [4.78, 5) is 11.3. The summed E-state index contributed by atoms with van der Waals surface area (Å²) < 4.78 is 4.94. The number of rotatable bonds is 6. The van der Waals surface area contributed by atoms with Crippen LogP contribution < -0.4 is 0 Å². The van der Waals surface area contributed by atoms with E-state index in [1.807, 2.05) is 6.92 Å². The quantitative estimate of drug-likeness (QED) is 0.514. The van der Waals surface area contributed by atoms with Crippen molar-refractivity contribution < 1.29 is 9.53 Å². The molecule has 0 fully saturated rings. The monoisotopic (exact) mass is 190 g/mol. The molecule has 0 aliphatic heterocycles. The van der Waals surface area contributed by atoms with Crippen molar-refractivity contribution in [3.63, 3.8) is 0 Å². The van der Waals surface area contributed by atoms with E-state index in [1.165, 1.54) is 0 Å². The average molecular weight is 190 g/mol. The van der Waals surface area contributed by atoms with Crippen LogP contribution in [0.4, 0.5) is 0 Å². The number of carbonyl (C=O) groups excluding carboxylic acids is 1. The van der Waals surface area contributed by atoms with Crippen molar-refractivity contribution in [2.24, 2.45) is 5.92 Å². The Kier molecular flexibility index (Phi) is 7.36. The van der Waals surface area contributed by atoms with Gasteiger partial charge in [0.25, 0.3) is 0 Å². The van der Waals surface area contributed by atoms with E-state index in [2.05, 4.69) is 19.6 Å². The number of hydrogen-bond acceptors (Lipinski definition) is 3. The van der Waals surface area contributed by atoms with Crippen LogP contribution in [0.5, 0.6) is 0 Å². The molecule has 1 atom stereocenters. The van der Waals surface area contributed by atoms with Crippen LogP contribution in [0.2, 0.25) is 0 Å². The Balaban J connectivity index is 3.81. The number of carbonyl (C=O) groups is 1. The lowest BCUT2D eigenvalue weighted by Gasteiger charge is -2.12. The molecule has 3 heteroatoms. The third-order valence-electron chi connectivity index (χ3n) is 1.73. The smallest absolute Gasteiger partial charge is 0.308 e. The van der Waals surface area contributed by atoms with Crippen molar-refractivity contribution in [3.8, 4) is 0 Å². The first-order valence-electron chi connectivity index (χ1n) is 4.53. The molecule has 0 rings (SSSR count). The van der Waals surface area contributed by atoms with E-state index in [0.717, 1.165) is 25.0 Å². The third kappa shape index (κ3) is 4.65. The molecule has 0 spiro atoms. The molecule has 0 radical (unpaired) electrons. The number of thiol groups is 1. The minimum absolute atomic E-state index is 0.0617. The molecule has 0 aliphatic carbocycles. The third-order valence-corrected chi connectivity index (χ3v) is 1.99. The van der Waals surface area contributed by atoms with E-state index in [9.17, 15) is 4.79 Å². The van der Waals surface area contributed by atoms with Gasteiger partial charge in [-0.25, -0.2) is 0 Å². The van der Waals surface area contributed by atoms with E-state index >= 15 is 0 Å². The maximum atomic E-state index is 11.3. The van der Waals surface area contributed by atoms with Crippen molar-refractivity contribution in [1.29, 1.82) is 0 Å². The summed E-state index contributed by atoms with van der Waals surface area (Å²) in [6, 6.07) is 0. The number of ether oxygens (including phenoxy) is 1. The van der Waals surface area contributed by atoms with E-state index in [1.54, 1.807) is 0 Å². The zero-order chi connectivity index (χ0) is 9.40. The van der Waals surface area contributed by atoms with E-state index in [4.69, 9.17) is 4.74 Å². The Bertz CT molecular complexity index is 120. The Morgan fingerprint density at radius 3 is 2.50 bits per heavy atom. The highest BCUT2D eigenvalue weighted by molar-refractivity contribution is 7.80. The van der Waals surface area contributed by atoms with Gasteiger partial charge in [0.05, 0.1) is 12.5 Å². The summed E-state index contributed by atoms with van der Waals surface area (Å²) in [5, 5.41) is 0. The molecule has 0 saturated heterocycles. The highest BCUT2D eigenvalue weighted by atomic mass is 32.1. The zero-order valence-corrected chi connectivity index (χ0v) is 8.77. The van der Waals surface area contributed by atoms with E-state index in [0.29, 0.717) is 6.61 Å². The first kappa shape index (κ1) is 11.8. The predicted molar refractivity (Wildman–Crippen MR) is 53.5 cm³/mol. The van der Waals surface area contributed by atoms with E-state index in [-0.39, 0.29) is 11.9 Å². The van der Waals surface area contributed by atoms with Crippen LogP contribution in [-0.2, 0) is 9.53 Å². The van der Waals surface area contributed by atoms with Gasteiger partial charge in [0, 0.05) is 0 Å². The summed E-state index contributed by atoms with van der Waals surface area (Å²) in [5.74, 6) is 0.754. The molecule has 0 unspecified atom stereocenters. The lowest BCUT2D eigenvalue weighted by atomic mass is 10.0. The average Bonchev–Trinajstić information content (AvgIpc) is 2.04. The maximum absolute atomic E-state index is 11.3. The summed E-state index contributed by atoms with van der Waals surface area (Å²) >= 11 is 4.11. The van der Waals surface area contributed by atoms with Gasteiger partial charge in [-0.1, -0.05) is 13.3 Å². The second kappa shape index (κ2) is 7.47. The number of esters is 1. The van der Waals surface area contributed by atoms with E-state index < -0.39 is 0 Å². The van der Waals surface area contributed by atoms with Gasteiger partial charge >= 0.3 is 5.97 Å². The highest BCUT2D eigenvalue weighted by Gasteiger charge is 2.17. The van der Waals surface area contributed by atoms with Gasteiger partial charge in [-0.15, -0.1) is 0 Å². The first-order chi connectivity index (χ1) is 5.76. The van der Waals surface area contributed by atoms with Gasteiger partial charge in [0.1, 0.15) is 0 Å². The maximum Gasteiger partial charge on any atom is 0.308 e. The molecule has 0 bridgehead atoms. The van der Waals surface area contributed by atoms with Gasteiger partial charge in [-0.2, -0.15) is 12.6 Å². The molecular weight excluding hydrogens is 172 g/mol. The van der Waals surface area contributed by atoms with Gasteiger partial charge in [0.2, 0.25) is 0 Å². The van der Waals surface area contributed by atoms with Gasteiger partial charge in [0.15, 0.2) is 0 Å². The minimum Gasteiger partial charge on any atom is -0.466 e. The molecule has 72 valence electrons. The number of hydrogen-bond donors (Lipinski definition) is 1. The van der Waals surface area contributed by atoms with Crippen molar-refractivity contribution in [2.75, 3.05) is 12.4 Å². The second-order valence-electron chi connectivity index (χ2n) is 2.75. The molecule has 12 heavy (non-hydrogen) atoms. The predicted octanol–water partition coefficient (Wildman–Crippen LogP) is 2.29. The standard InChI is InChI=1S/C9H18O2S/c1-3-5-8(6-7-12)9(10)11-4-2/h8,12H,3-7H2,1-2H3/t8-/m0/s1. The second-order valence-corrected chi connectivity index (χ2v) is 3.20. The molecule has 0 aromatic carbocycles. The first-order valence-corrected chi connectivity index (χ1v) is 5.16. The zero-order valence-electron chi connectivity index (χ0n) is 7.88. The van der Waals surface area contributed by atoms with Crippen molar-refractivity contribution in [1.82, 2.24) is 0 Å². The summed E-state index contributed by atoms with van der Waals surface area (Å²) in [7, 11) is 0. The lowest BCUT2D eigenvalue weighted by molar-refractivity contribution is -0.148. The molecule has 0 aliphatic rings. The topological polar surface area (TPSA) is 26.3 Å². The van der Waals surface area contributed by atoms with Gasteiger partial charge in [-0.3, -0.25) is 4.79 Å². The van der Waals surface area contributed by atoms with Crippen LogP contribution in [0.25, 0.3) is 0 Å². The summed E-state index contributed by atoms with van der Waals surface area (Å²) in [5.41, 5.74) is 0. The summed E-state index contributed by atoms with van der Waals surface area (Å²) in [6.45, 7) is 4.39. The molecule has 2 nitrogen and oxygen atoms in total. The van der Waals surface area contributed by atoms with Crippen LogP contribution in [0.1, 0.15) is 33.1 Å². The summed E-state index contributed by atoms with van der Waals surface area (Å²) in [6.07, 6.45) is 2.77. The Morgan fingerprint density at radius 1 is 1.42 bits per heavy atom. The fourth-order valence-corrected chi connectivity index (χ4v) is 1.46. The largest absolute Gasteiger partial charge is 0.466 e. The molecular formula is C9H18O2S. The fourth-order valence-electron chi connectivity index (χ4n) is 1.14. The Labute approximate surface area is 80.1 Å². The van der Waals surface area contributed by atoms with Gasteiger partial charge < -0.3 is 4.74 Å². The van der Waals surface area contributed by atoms with Crippen LogP contribution in [0, 0.1) is 5.92 Å². The highest BCUT2D eigenvalue weighted by Crippen LogP contribution is 2.13. The molecule has 0 amide bonds. The molecule has 0 heterocycles. The van der Waals surface area contributed by atoms with Crippen molar-refractivity contribution in [3.05, 3.63) is 0 Å². The molecule has 0 N–H and O–H groups in total. The minimum atomic E-state index is -0.0617. The van der Waals surface area contributed by atoms with Crippen LogP contribution >= 0.6 is 12.6 Å². The SMILES string of the molecule is CCC[C@@H](CCS)C(=O)OCC. The fraction of sp³-hybridized carbons (Fsp3) is 0.889. The van der Waals surface area contributed by atoms with Crippen molar-refractivity contribution >= 4 is 18.6 Å². The normalized spacial score (nSPS) is 12.6. The Morgan fingerprint density at radius 2 is 2.08 bits per heavy atom. The lowest BCUT2D eigenvalue weighted by Crippen LogP contribution is -2.18. The van der Waals surface area contributed by atoms with Crippen LogP contribution in [0.15, 0.2) is 0 Å². The van der Waals surface area contributed by atoms with Gasteiger partial charge in [-0.05, 0) is 25.5 Å². The van der Waals surface area contributed by atoms with Crippen LogP contribution in [-0.4, -0.2) is 18.3 Å². The van der Waals surface area contributed by atoms with Crippen molar-refractivity contribution in [2.45, 2.75) is 33.1 Å². The molecule has 0 saturated carbocycles.